The van der Waals surface area contributed by atoms with E-state index in [9.17, 15) is 5.11 Å². The number of hydrogen-bond donors (Lipinski definition) is 1. The predicted octanol–water partition coefficient (Wildman–Crippen LogP) is 2.44. The van der Waals surface area contributed by atoms with Gasteiger partial charge in [0.15, 0.2) is 0 Å². The molecule has 1 N–H and O–H groups in total. The minimum absolute atomic E-state index is 0.551. The number of fused-ring (bicyclic) bond motifs is 1. The topological polar surface area (TPSA) is 20.2 Å². The normalized spacial score (nSPS) is 12.6. The number of terminal acetylenes is 1. The molecule has 14 heavy (non-hydrogen) atoms. The lowest BCUT2D eigenvalue weighted by Crippen LogP contribution is -2.04. The zero-order valence-corrected chi connectivity index (χ0v) is 8.42. The summed E-state index contributed by atoms with van der Waals surface area (Å²) in [7, 11) is 0. The number of hydrogen-bond acceptors (Lipinski definition) is 2. The second kappa shape index (κ2) is 3.83. The molecule has 0 amide bonds. The van der Waals surface area contributed by atoms with E-state index in [4.69, 9.17) is 6.42 Å². The Balaban J connectivity index is 2.32. The fraction of sp³-hybridized carbons (Fsp3) is 0.167. The van der Waals surface area contributed by atoms with Crippen LogP contribution in [0.25, 0.3) is 10.1 Å². The molecule has 0 aliphatic carbocycles. The summed E-state index contributed by atoms with van der Waals surface area (Å²) in [5.74, 6) is 2.32. The van der Waals surface area contributed by atoms with E-state index in [2.05, 4.69) is 24.1 Å². The summed E-state index contributed by atoms with van der Waals surface area (Å²) in [5.41, 5.74) is 0. The Kier molecular flexibility index (Phi) is 2.53. The molecule has 0 aliphatic rings. The molecule has 0 bridgehead atoms. The lowest BCUT2D eigenvalue weighted by atomic mass is 10.2. The summed E-state index contributed by atoms with van der Waals surface area (Å²) in [4.78, 5) is 1.14. The van der Waals surface area contributed by atoms with Crippen molar-refractivity contribution in [3.05, 3.63) is 35.2 Å². The van der Waals surface area contributed by atoms with Gasteiger partial charge in [-0.15, -0.1) is 17.8 Å². The smallest absolute Gasteiger partial charge is 0.119 e. The molecule has 70 valence electrons. The lowest BCUT2D eigenvalue weighted by Gasteiger charge is -1.97. The van der Waals surface area contributed by atoms with Crippen LogP contribution in [0.2, 0.25) is 0 Å². The average molecular weight is 202 g/mol. The summed E-state index contributed by atoms with van der Waals surface area (Å²) in [6.07, 6.45) is 5.01. The van der Waals surface area contributed by atoms with E-state index in [1.165, 1.54) is 10.1 Å². The van der Waals surface area contributed by atoms with Gasteiger partial charge in [-0.3, -0.25) is 0 Å². The van der Waals surface area contributed by atoms with Crippen molar-refractivity contribution in [2.75, 3.05) is 0 Å². The quantitative estimate of drug-likeness (QED) is 0.742. The monoisotopic (exact) mass is 202 g/mol. The first-order valence-electron chi connectivity index (χ1n) is 4.41. The first kappa shape index (κ1) is 9.26. The standard InChI is InChI=1S/C12H10OS/c1-2-10(13)8-11-7-9-5-3-4-6-12(9)14-11/h1,3-7,10,13H,8H2/t10-/m0/s1. The molecule has 0 saturated carbocycles. The van der Waals surface area contributed by atoms with E-state index >= 15 is 0 Å². The predicted molar refractivity (Wildman–Crippen MR) is 60.4 cm³/mol. The second-order valence-corrected chi connectivity index (χ2v) is 4.31. The molecular formula is C12H10OS. The summed E-state index contributed by atoms with van der Waals surface area (Å²) < 4.78 is 1.24. The maximum Gasteiger partial charge on any atom is 0.119 e. The molecule has 1 nitrogen and oxygen atoms in total. The fourth-order valence-electron chi connectivity index (χ4n) is 1.39. The summed E-state index contributed by atoms with van der Waals surface area (Å²) in [6, 6.07) is 10.3. The van der Waals surface area contributed by atoms with Crippen LogP contribution < -0.4 is 0 Å². The summed E-state index contributed by atoms with van der Waals surface area (Å²) in [6.45, 7) is 0. The highest BCUT2D eigenvalue weighted by atomic mass is 32.1. The average Bonchev–Trinajstić information content (AvgIpc) is 2.59. The van der Waals surface area contributed by atoms with Gasteiger partial charge in [0.2, 0.25) is 0 Å². The lowest BCUT2D eigenvalue weighted by molar-refractivity contribution is 0.234. The number of aliphatic hydroxyl groups excluding tert-OH is 1. The molecule has 0 unspecified atom stereocenters. The van der Waals surface area contributed by atoms with Crippen molar-refractivity contribution in [3.8, 4) is 12.3 Å². The maximum atomic E-state index is 9.31. The molecule has 2 rings (SSSR count). The van der Waals surface area contributed by atoms with Gasteiger partial charge < -0.3 is 5.11 Å². The molecule has 0 aliphatic heterocycles. The van der Waals surface area contributed by atoms with Gasteiger partial charge in [-0.2, -0.15) is 0 Å². The number of rotatable bonds is 2. The highest BCUT2D eigenvalue weighted by molar-refractivity contribution is 7.19. The molecule has 0 saturated heterocycles. The number of benzene rings is 1. The van der Waals surface area contributed by atoms with Crippen molar-refractivity contribution < 1.29 is 5.11 Å². The van der Waals surface area contributed by atoms with Gasteiger partial charge in [0, 0.05) is 16.0 Å². The Morgan fingerprint density at radius 1 is 1.43 bits per heavy atom. The van der Waals surface area contributed by atoms with E-state index in [1.54, 1.807) is 11.3 Å². The molecule has 1 aromatic heterocycles. The van der Waals surface area contributed by atoms with E-state index in [0.717, 1.165) is 4.88 Å². The van der Waals surface area contributed by atoms with Gasteiger partial charge in [0.1, 0.15) is 6.10 Å². The summed E-state index contributed by atoms with van der Waals surface area (Å²) in [5, 5.41) is 10.5. The third kappa shape index (κ3) is 1.79. The van der Waals surface area contributed by atoms with Gasteiger partial charge in [0.05, 0.1) is 0 Å². The molecular weight excluding hydrogens is 192 g/mol. The highest BCUT2D eigenvalue weighted by Gasteiger charge is 2.05. The Labute approximate surface area is 87.0 Å². The SMILES string of the molecule is C#C[C@H](O)Cc1cc2ccccc2s1. The van der Waals surface area contributed by atoms with Crippen molar-refractivity contribution in [1.29, 1.82) is 0 Å². The Morgan fingerprint density at radius 3 is 2.93 bits per heavy atom. The molecule has 1 aromatic carbocycles. The van der Waals surface area contributed by atoms with Gasteiger partial charge in [-0.1, -0.05) is 24.1 Å². The Bertz CT molecular complexity index is 445. The van der Waals surface area contributed by atoms with Crippen LogP contribution in [0, 0.1) is 12.3 Å². The van der Waals surface area contributed by atoms with Crippen molar-refractivity contribution in [2.45, 2.75) is 12.5 Å². The van der Waals surface area contributed by atoms with E-state index in [-0.39, 0.29) is 0 Å². The highest BCUT2D eigenvalue weighted by Crippen LogP contribution is 2.25. The van der Waals surface area contributed by atoms with Crippen LogP contribution in [-0.4, -0.2) is 11.2 Å². The zero-order chi connectivity index (χ0) is 9.97. The van der Waals surface area contributed by atoms with Crippen molar-refractivity contribution >= 4 is 21.4 Å². The molecule has 0 fully saturated rings. The van der Waals surface area contributed by atoms with Crippen LogP contribution in [-0.2, 0) is 6.42 Å². The molecule has 1 heterocycles. The summed E-state index contributed by atoms with van der Waals surface area (Å²) >= 11 is 1.69. The van der Waals surface area contributed by atoms with Gasteiger partial charge in [0.25, 0.3) is 0 Å². The van der Waals surface area contributed by atoms with Crippen LogP contribution >= 0.6 is 11.3 Å². The van der Waals surface area contributed by atoms with Crippen molar-refractivity contribution in [3.63, 3.8) is 0 Å². The van der Waals surface area contributed by atoms with E-state index in [0.29, 0.717) is 6.42 Å². The molecule has 1 atom stereocenters. The molecule has 0 spiro atoms. The van der Waals surface area contributed by atoms with Crippen LogP contribution in [0.5, 0.6) is 0 Å². The van der Waals surface area contributed by atoms with Crippen LogP contribution in [0.4, 0.5) is 0 Å². The molecule has 0 radical (unpaired) electrons. The van der Waals surface area contributed by atoms with Crippen molar-refractivity contribution in [2.24, 2.45) is 0 Å². The minimum Gasteiger partial charge on any atom is -0.380 e. The van der Waals surface area contributed by atoms with E-state index in [1.807, 2.05) is 12.1 Å². The largest absolute Gasteiger partial charge is 0.380 e. The zero-order valence-electron chi connectivity index (χ0n) is 7.60. The third-order valence-corrected chi connectivity index (χ3v) is 3.20. The first-order valence-corrected chi connectivity index (χ1v) is 5.23. The Hall–Kier alpha value is -1.30. The second-order valence-electron chi connectivity index (χ2n) is 3.14. The van der Waals surface area contributed by atoms with Gasteiger partial charge in [-0.25, -0.2) is 0 Å². The van der Waals surface area contributed by atoms with Crippen LogP contribution in [0.15, 0.2) is 30.3 Å². The van der Waals surface area contributed by atoms with Gasteiger partial charge in [-0.05, 0) is 17.5 Å². The number of aliphatic hydroxyl groups is 1. The molecule has 2 heteroatoms. The Morgan fingerprint density at radius 2 is 2.21 bits per heavy atom. The molecule has 2 aromatic rings. The van der Waals surface area contributed by atoms with E-state index < -0.39 is 6.10 Å². The fourth-order valence-corrected chi connectivity index (χ4v) is 2.49. The van der Waals surface area contributed by atoms with Gasteiger partial charge >= 0.3 is 0 Å². The third-order valence-electron chi connectivity index (χ3n) is 2.06. The first-order chi connectivity index (χ1) is 6.79. The number of thiophene rings is 1. The van der Waals surface area contributed by atoms with Crippen LogP contribution in [0.1, 0.15) is 4.88 Å². The minimum atomic E-state index is -0.664. The van der Waals surface area contributed by atoms with Crippen LogP contribution in [0.3, 0.4) is 0 Å². The van der Waals surface area contributed by atoms with Crippen molar-refractivity contribution in [1.82, 2.24) is 0 Å². The maximum absolute atomic E-state index is 9.31.